The summed E-state index contributed by atoms with van der Waals surface area (Å²) < 4.78 is 5.88. The number of hydrogen-bond donors (Lipinski definition) is 1. The van der Waals surface area contributed by atoms with Crippen LogP contribution in [0.3, 0.4) is 0 Å². The first-order valence-corrected chi connectivity index (χ1v) is 7.34. The minimum absolute atomic E-state index is 0.207. The van der Waals surface area contributed by atoms with E-state index in [0.717, 1.165) is 49.6 Å². The van der Waals surface area contributed by atoms with Gasteiger partial charge in [0.2, 0.25) is 0 Å². The summed E-state index contributed by atoms with van der Waals surface area (Å²) >= 11 is 6.18. The number of aliphatic hydroxyl groups excluding tert-OH is 1. The molecule has 0 saturated carbocycles. The van der Waals surface area contributed by atoms with Crippen LogP contribution >= 0.6 is 11.6 Å². The summed E-state index contributed by atoms with van der Waals surface area (Å²) in [4.78, 5) is 2.23. The number of halogens is 1. The molecule has 20 heavy (non-hydrogen) atoms. The number of furan rings is 1. The highest BCUT2D eigenvalue weighted by atomic mass is 35.5. The average molecular weight is 292 g/mol. The van der Waals surface area contributed by atoms with Gasteiger partial charge in [-0.25, -0.2) is 0 Å². The van der Waals surface area contributed by atoms with Gasteiger partial charge in [-0.15, -0.1) is 0 Å². The van der Waals surface area contributed by atoms with Gasteiger partial charge in [0.15, 0.2) is 0 Å². The van der Waals surface area contributed by atoms with E-state index in [1.165, 1.54) is 0 Å². The third kappa shape index (κ3) is 3.06. The quantitative estimate of drug-likeness (QED) is 0.939. The number of nitrogens with zero attached hydrogens (tertiary/aromatic N) is 1. The number of aliphatic hydroxyl groups is 1. The zero-order valence-electron chi connectivity index (χ0n) is 11.3. The van der Waals surface area contributed by atoms with Crippen molar-refractivity contribution < 1.29 is 9.52 Å². The van der Waals surface area contributed by atoms with Crippen LogP contribution in [-0.4, -0.2) is 29.2 Å². The monoisotopic (exact) mass is 291 g/mol. The fraction of sp³-hybridized carbons (Fsp3) is 0.375. The van der Waals surface area contributed by atoms with Gasteiger partial charge in [0.05, 0.1) is 17.7 Å². The molecule has 0 bridgehead atoms. The van der Waals surface area contributed by atoms with Gasteiger partial charge in [0.25, 0.3) is 0 Å². The van der Waals surface area contributed by atoms with Gasteiger partial charge in [-0.2, -0.15) is 0 Å². The molecule has 2 aromatic rings. The largest absolute Gasteiger partial charge is 0.460 e. The second kappa shape index (κ2) is 6.00. The van der Waals surface area contributed by atoms with Crippen molar-refractivity contribution in [3.05, 3.63) is 47.2 Å². The topological polar surface area (TPSA) is 36.6 Å². The molecule has 0 spiro atoms. The molecule has 1 saturated heterocycles. The van der Waals surface area contributed by atoms with Crippen molar-refractivity contribution in [1.82, 2.24) is 4.90 Å². The van der Waals surface area contributed by atoms with E-state index >= 15 is 0 Å². The minimum atomic E-state index is -0.207. The Kier molecular flexibility index (Phi) is 4.10. The molecule has 1 aliphatic rings. The van der Waals surface area contributed by atoms with Crippen LogP contribution in [0.5, 0.6) is 0 Å². The maximum atomic E-state index is 9.69. The van der Waals surface area contributed by atoms with Crippen molar-refractivity contribution in [2.75, 3.05) is 13.1 Å². The van der Waals surface area contributed by atoms with Gasteiger partial charge >= 0.3 is 0 Å². The Hall–Kier alpha value is -1.29. The number of hydrogen-bond acceptors (Lipinski definition) is 3. The van der Waals surface area contributed by atoms with Crippen LogP contribution in [0.1, 0.15) is 18.6 Å². The van der Waals surface area contributed by atoms with E-state index in [1.54, 1.807) is 0 Å². The molecule has 1 N–H and O–H groups in total. The van der Waals surface area contributed by atoms with Crippen molar-refractivity contribution in [1.29, 1.82) is 0 Å². The summed E-state index contributed by atoms with van der Waals surface area (Å²) in [6, 6.07) is 11.6. The molecule has 2 heterocycles. The van der Waals surface area contributed by atoms with Crippen LogP contribution in [0.2, 0.25) is 5.02 Å². The highest BCUT2D eigenvalue weighted by Gasteiger charge is 2.19. The molecule has 0 amide bonds. The Bertz CT molecular complexity index is 581. The molecule has 1 aliphatic heterocycles. The van der Waals surface area contributed by atoms with E-state index in [9.17, 15) is 5.11 Å². The summed E-state index contributed by atoms with van der Waals surface area (Å²) in [6.45, 7) is 2.48. The van der Waals surface area contributed by atoms with E-state index in [2.05, 4.69) is 4.90 Å². The first-order chi connectivity index (χ1) is 9.72. The second-order valence-corrected chi connectivity index (χ2v) is 5.68. The second-order valence-electron chi connectivity index (χ2n) is 5.28. The van der Waals surface area contributed by atoms with Gasteiger partial charge in [-0.1, -0.05) is 23.7 Å². The lowest BCUT2D eigenvalue weighted by molar-refractivity contribution is 0.0635. The lowest BCUT2D eigenvalue weighted by Gasteiger charge is -2.29. The van der Waals surface area contributed by atoms with Crippen LogP contribution in [0, 0.1) is 0 Å². The molecule has 1 atom stereocenters. The first-order valence-electron chi connectivity index (χ1n) is 6.96. The van der Waals surface area contributed by atoms with Gasteiger partial charge < -0.3 is 9.52 Å². The molecule has 0 aliphatic carbocycles. The third-order valence-electron chi connectivity index (χ3n) is 3.66. The Morgan fingerprint density at radius 3 is 2.90 bits per heavy atom. The van der Waals surface area contributed by atoms with Crippen LogP contribution in [0.25, 0.3) is 11.3 Å². The third-order valence-corrected chi connectivity index (χ3v) is 3.99. The number of rotatable bonds is 3. The summed E-state index contributed by atoms with van der Waals surface area (Å²) in [7, 11) is 0. The molecule has 0 unspecified atom stereocenters. The summed E-state index contributed by atoms with van der Waals surface area (Å²) in [6.07, 6.45) is 1.74. The van der Waals surface area contributed by atoms with Gasteiger partial charge in [-0.3, -0.25) is 4.90 Å². The molecule has 1 aromatic carbocycles. The van der Waals surface area contributed by atoms with Crippen LogP contribution < -0.4 is 0 Å². The summed E-state index contributed by atoms with van der Waals surface area (Å²) in [5.74, 6) is 1.71. The predicted octanol–water partition coefficient (Wildman–Crippen LogP) is 3.56. The highest BCUT2D eigenvalue weighted by Crippen LogP contribution is 2.29. The zero-order chi connectivity index (χ0) is 13.9. The number of likely N-dealkylation sites (tertiary alicyclic amines) is 1. The number of piperidine rings is 1. The van der Waals surface area contributed by atoms with E-state index < -0.39 is 0 Å². The average Bonchev–Trinajstić information content (AvgIpc) is 2.87. The van der Waals surface area contributed by atoms with E-state index in [4.69, 9.17) is 16.0 Å². The Morgan fingerprint density at radius 2 is 2.10 bits per heavy atom. The smallest absolute Gasteiger partial charge is 0.135 e. The Labute approximate surface area is 123 Å². The molecular formula is C16H18ClNO2. The van der Waals surface area contributed by atoms with Crippen LogP contribution in [0.4, 0.5) is 0 Å². The molecule has 0 radical (unpaired) electrons. The fourth-order valence-corrected chi connectivity index (χ4v) is 2.89. The Morgan fingerprint density at radius 1 is 1.25 bits per heavy atom. The van der Waals surface area contributed by atoms with Crippen molar-refractivity contribution in [3.63, 3.8) is 0 Å². The molecule has 3 rings (SSSR count). The zero-order valence-corrected chi connectivity index (χ0v) is 12.0. The molecule has 4 heteroatoms. The number of β-amino-alcohol motifs (C(OH)–C–C–N with tert-alkyl or cyclic N) is 1. The van der Waals surface area contributed by atoms with Crippen molar-refractivity contribution >= 4 is 11.6 Å². The Balaban J connectivity index is 1.72. The molecule has 3 nitrogen and oxygen atoms in total. The first kappa shape index (κ1) is 13.7. The highest BCUT2D eigenvalue weighted by molar-refractivity contribution is 6.33. The van der Waals surface area contributed by atoms with E-state index in [0.29, 0.717) is 5.02 Å². The number of benzene rings is 1. The maximum Gasteiger partial charge on any atom is 0.135 e. The van der Waals surface area contributed by atoms with Crippen LogP contribution in [0.15, 0.2) is 40.8 Å². The van der Waals surface area contributed by atoms with Crippen molar-refractivity contribution in [2.24, 2.45) is 0 Å². The summed E-state index contributed by atoms with van der Waals surface area (Å²) in [5, 5.41) is 10.4. The molecule has 1 aromatic heterocycles. The maximum absolute atomic E-state index is 9.69. The van der Waals surface area contributed by atoms with Gasteiger partial charge in [-0.05, 0) is 43.7 Å². The van der Waals surface area contributed by atoms with Crippen molar-refractivity contribution in [3.8, 4) is 11.3 Å². The lowest BCUT2D eigenvalue weighted by atomic mass is 10.1. The standard InChI is InChI=1S/C16H18ClNO2/c17-15-6-2-1-5-14(15)16-8-7-13(20-16)11-18-9-3-4-12(19)10-18/h1-2,5-8,12,19H,3-4,9-11H2/t12-/m1/s1. The van der Waals surface area contributed by atoms with Gasteiger partial charge in [0, 0.05) is 12.1 Å². The SMILES string of the molecule is O[C@@H]1CCCN(Cc2ccc(-c3ccccc3Cl)o2)C1. The minimum Gasteiger partial charge on any atom is -0.460 e. The fourth-order valence-electron chi connectivity index (χ4n) is 2.66. The molecule has 1 fully saturated rings. The molecule has 106 valence electrons. The normalized spacial score (nSPS) is 20.2. The lowest BCUT2D eigenvalue weighted by Crippen LogP contribution is -2.37. The summed E-state index contributed by atoms with van der Waals surface area (Å²) in [5.41, 5.74) is 0.916. The van der Waals surface area contributed by atoms with Crippen molar-refractivity contribution in [2.45, 2.75) is 25.5 Å². The van der Waals surface area contributed by atoms with E-state index in [1.807, 2.05) is 36.4 Å². The van der Waals surface area contributed by atoms with Gasteiger partial charge in [0.1, 0.15) is 11.5 Å². The molecular weight excluding hydrogens is 274 g/mol. The predicted molar refractivity (Wildman–Crippen MR) is 79.7 cm³/mol. The van der Waals surface area contributed by atoms with E-state index in [-0.39, 0.29) is 6.10 Å². The van der Waals surface area contributed by atoms with Crippen LogP contribution in [-0.2, 0) is 6.54 Å².